The molecule has 65 heavy (non-hydrogen) atoms. The molecule has 5 N–H and O–H groups in total. The fourth-order valence-electron chi connectivity index (χ4n) is 8.92. The fourth-order valence-corrected chi connectivity index (χ4v) is 10.5. The van der Waals surface area contributed by atoms with Gasteiger partial charge >= 0.3 is 12.2 Å². The summed E-state index contributed by atoms with van der Waals surface area (Å²) in [5.74, 6) is 0.301. The predicted octanol–water partition coefficient (Wildman–Crippen LogP) is 5.57. The van der Waals surface area contributed by atoms with Crippen molar-refractivity contribution in [2.45, 2.75) is 80.8 Å². The van der Waals surface area contributed by atoms with Crippen LogP contribution in [-0.4, -0.2) is 130 Å². The van der Waals surface area contributed by atoms with Crippen molar-refractivity contribution in [2.75, 3.05) is 34.4 Å². The van der Waals surface area contributed by atoms with Crippen LogP contribution in [0.5, 0.6) is 0 Å². The second-order valence-electron chi connectivity index (χ2n) is 16.2. The molecule has 20 heteroatoms. The Morgan fingerprint density at radius 2 is 1.20 bits per heavy atom. The van der Waals surface area contributed by atoms with Crippen LogP contribution in [-0.2, 0) is 33.8 Å². The largest absolute Gasteiger partial charge is 0.465 e. The highest BCUT2D eigenvalue weighted by molar-refractivity contribution is 7.90. The lowest BCUT2D eigenvalue weighted by Crippen LogP contribution is -2.54. The monoisotopic (exact) mass is 909 g/mol. The molecule has 0 unspecified atom stereocenters. The lowest BCUT2D eigenvalue weighted by molar-refractivity contribution is -0.138. The zero-order chi connectivity index (χ0) is 46.2. The molecule has 19 nitrogen and oxygen atoms in total. The van der Waals surface area contributed by atoms with Gasteiger partial charge in [-0.15, -0.1) is 0 Å². The summed E-state index contributed by atoms with van der Waals surface area (Å²) in [6, 6.07) is 16.3. The van der Waals surface area contributed by atoms with Crippen LogP contribution in [0.1, 0.15) is 63.3 Å². The maximum absolute atomic E-state index is 14.7. The number of aromatic amines is 2. The topological polar surface area (TPSA) is 243 Å². The van der Waals surface area contributed by atoms with Gasteiger partial charge in [0.25, 0.3) is 10.0 Å². The second kappa shape index (κ2) is 18.4. The number of fused-ring (bicyclic) bond motifs is 3. The molecule has 342 valence electrons. The molecule has 3 aromatic heterocycles. The first-order valence-corrected chi connectivity index (χ1v) is 22.7. The second-order valence-corrected chi connectivity index (χ2v) is 18.0. The Morgan fingerprint density at radius 1 is 0.723 bits per heavy atom. The quantitative estimate of drug-likeness (QED) is 0.0901. The van der Waals surface area contributed by atoms with Gasteiger partial charge in [0.1, 0.15) is 23.7 Å². The van der Waals surface area contributed by atoms with E-state index in [-0.39, 0.29) is 10.8 Å². The van der Waals surface area contributed by atoms with Crippen LogP contribution in [0.4, 0.5) is 9.59 Å². The number of amides is 4. The molecule has 0 bridgehead atoms. The molecule has 0 saturated carbocycles. The number of carbonyl (C=O) groups excluding carboxylic acids is 3. The van der Waals surface area contributed by atoms with Crippen molar-refractivity contribution in [3.8, 4) is 22.5 Å². The van der Waals surface area contributed by atoms with Gasteiger partial charge in [-0.05, 0) is 63.8 Å². The van der Waals surface area contributed by atoms with Gasteiger partial charge in [-0.2, -0.15) is 0 Å². The lowest BCUT2D eigenvalue weighted by atomic mass is 10.1. The van der Waals surface area contributed by atoms with E-state index in [2.05, 4.69) is 25.6 Å². The number of H-pyrrole nitrogens is 2. The molecule has 4 amide bonds. The van der Waals surface area contributed by atoms with Gasteiger partial charge in [0.15, 0.2) is 0 Å². The summed E-state index contributed by atoms with van der Waals surface area (Å²) < 4.78 is 46.3. The summed E-state index contributed by atoms with van der Waals surface area (Å²) in [6.07, 6.45) is 2.49. The van der Waals surface area contributed by atoms with E-state index in [4.69, 9.17) is 19.2 Å². The Kier molecular flexibility index (Phi) is 12.7. The zero-order valence-electron chi connectivity index (χ0n) is 36.5. The first-order valence-electron chi connectivity index (χ1n) is 21.3. The van der Waals surface area contributed by atoms with E-state index in [0.29, 0.717) is 94.7 Å². The minimum Gasteiger partial charge on any atom is -0.465 e. The number of ether oxygens (including phenoxy) is 3. The van der Waals surface area contributed by atoms with Crippen LogP contribution in [0.15, 0.2) is 84.0 Å². The molecular formula is C45H51N9O10S. The number of carbonyl (C=O) groups is 4. The SMILES string of the molecule is COC(=O)N[C@@H](C(=O)N1CCC[C@@H]1c1ncc(-c2ccc3c4ccc(-c5cnc([C@H]6CCCN6C(=O)[C@H](NC(=O)O)[C@H](C)OC)[nH]5)cc4n(S(=O)(=O)c4ccccc4)c3c2)[nH]1)[C@H](C)OC. The average molecular weight is 910 g/mol. The highest BCUT2D eigenvalue weighted by Gasteiger charge is 2.40. The van der Waals surface area contributed by atoms with Gasteiger partial charge in [-0.3, -0.25) is 9.59 Å². The van der Waals surface area contributed by atoms with Crippen LogP contribution < -0.4 is 10.6 Å². The van der Waals surface area contributed by atoms with Gasteiger partial charge in [-0.1, -0.05) is 42.5 Å². The Labute approximate surface area is 374 Å². The summed E-state index contributed by atoms with van der Waals surface area (Å²) >= 11 is 0. The first kappa shape index (κ1) is 44.8. The van der Waals surface area contributed by atoms with E-state index in [1.54, 1.807) is 78.5 Å². The summed E-state index contributed by atoms with van der Waals surface area (Å²) in [5, 5.41) is 15.7. The van der Waals surface area contributed by atoms with Crippen LogP contribution in [0, 0.1) is 0 Å². The van der Waals surface area contributed by atoms with Gasteiger partial charge in [0.05, 0.1) is 71.1 Å². The van der Waals surface area contributed by atoms with E-state index < -0.39 is 64.5 Å². The summed E-state index contributed by atoms with van der Waals surface area (Å²) in [5.41, 5.74) is 3.36. The lowest BCUT2D eigenvalue weighted by Gasteiger charge is -2.30. The van der Waals surface area contributed by atoms with Gasteiger partial charge in [-0.25, -0.2) is 31.9 Å². The Morgan fingerprint density at radius 3 is 1.65 bits per heavy atom. The van der Waals surface area contributed by atoms with E-state index >= 15 is 0 Å². The number of carboxylic acid groups (broad SMARTS) is 1. The van der Waals surface area contributed by atoms with Crippen molar-refractivity contribution < 1.29 is 46.9 Å². The number of nitrogens with zero attached hydrogens (tertiary/aromatic N) is 5. The Bertz CT molecular complexity index is 2860. The molecule has 6 atom stereocenters. The standard InChI is InChI=1S/C45H51N9O10S/c1-25(62-3)38(50-44(57)58)42(55)52-19-9-13-34(52)40-46-23-32(48-40)27-15-17-30-31-18-16-28(22-37(31)54(36(30)21-27)65(60,61)29-11-7-6-8-12-29)33-24-47-41(49-33)35-14-10-20-53(35)43(56)39(26(2)63-4)51-45(59)64-5/h6-8,11-12,15-18,21-26,34-35,38-39,50H,9-10,13-14,19-20H2,1-5H3,(H,46,48)(H,47,49)(H,51,59)(H,57,58)/t25-,26-,34+,35+,38+,39+/m0/s1. The molecule has 0 radical (unpaired) electrons. The Hall–Kier alpha value is -6.77. The molecule has 0 aliphatic carbocycles. The normalized spacial score (nSPS) is 18.4. The van der Waals surface area contributed by atoms with Crippen molar-refractivity contribution in [1.29, 1.82) is 0 Å². The highest BCUT2D eigenvalue weighted by atomic mass is 32.2. The zero-order valence-corrected chi connectivity index (χ0v) is 37.3. The van der Waals surface area contributed by atoms with Crippen molar-refractivity contribution in [3.63, 3.8) is 0 Å². The molecule has 5 heterocycles. The Balaban J connectivity index is 1.15. The van der Waals surface area contributed by atoms with Gasteiger partial charge < -0.3 is 49.7 Å². The predicted molar refractivity (Wildman–Crippen MR) is 238 cm³/mol. The molecule has 2 saturated heterocycles. The molecule has 2 aliphatic heterocycles. The number of alkyl carbamates (subject to hydrolysis) is 1. The van der Waals surface area contributed by atoms with E-state index in [0.717, 1.165) is 0 Å². The van der Waals surface area contributed by atoms with Crippen LogP contribution >= 0.6 is 0 Å². The number of benzene rings is 3. The number of nitrogens with one attached hydrogen (secondary N) is 4. The molecule has 6 aromatic rings. The van der Waals surface area contributed by atoms with E-state index in [1.165, 1.54) is 25.3 Å². The third-order valence-electron chi connectivity index (χ3n) is 12.5. The smallest absolute Gasteiger partial charge is 0.407 e. The number of methoxy groups -OCH3 is 3. The molecular weight excluding hydrogens is 859 g/mol. The van der Waals surface area contributed by atoms with Crippen molar-refractivity contribution in [2.24, 2.45) is 0 Å². The third-order valence-corrected chi connectivity index (χ3v) is 14.2. The average Bonchev–Trinajstić information content (AvgIpc) is 4.18. The van der Waals surface area contributed by atoms with Crippen LogP contribution in [0.2, 0.25) is 0 Å². The number of aromatic nitrogens is 5. The van der Waals surface area contributed by atoms with Crippen LogP contribution in [0.3, 0.4) is 0 Å². The summed E-state index contributed by atoms with van der Waals surface area (Å²) in [6.45, 7) is 4.17. The maximum atomic E-state index is 14.7. The number of imidazole rings is 2. The fraction of sp³-hybridized carbons (Fsp3) is 0.378. The van der Waals surface area contributed by atoms with Gasteiger partial charge in [0.2, 0.25) is 11.8 Å². The molecule has 3 aromatic carbocycles. The third kappa shape index (κ3) is 8.51. The highest BCUT2D eigenvalue weighted by Crippen LogP contribution is 2.39. The first-order chi connectivity index (χ1) is 31.2. The molecule has 2 fully saturated rings. The molecule has 0 spiro atoms. The number of hydrogen-bond donors (Lipinski definition) is 5. The van der Waals surface area contributed by atoms with Gasteiger partial charge in [0, 0.05) is 49.2 Å². The van der Waals surface area contributed by atoms with E-state index in [1.807, 2.05) is 24.3 Å². The molecule has 2 aliphatic rings. The van der Waals surface area contributed by atoms with E-state index in [9.17, 15) is 32.7 Å². The minimum absolute atomic E-state index is 0.0977. The summed E-state index contributed by atoms with van der Waals surface area (Å²) in [7, 11) is -0.0819. The number of likely N-dealkylation sites (tertiary alicyclic amines) is 2. The van der Waals surface area contributed by atoms with Crippen molar-refractivity contribution >= 4 is 55.8 Å². The molecule has 8 rings (SSSR count). The number of rotatable bonds is 14. The van der Waals surface area contributed by atoms with Crippen molar-refractivity contribution in [3.05, 3.63) is 90.8 Å². The maximum Gasteiger partial charge on any atom is 0.407 e. The van der Waals surface area contributed by atoms with Crippen molar-refractivity contribution in [1.82, 2.24) is 44.3 Å². The number of hydrogen-bond acceptors (Lipinski definition) is 11. The summed E-state index contributed by atoms with van der Waals surface area (Å²) in [4.78, 5) is 70.8. The van der Waals surface area contributed by atoms with Crippen LogP contribution in [0.25, 0.3) is 44.3 Å². The minimum atomic E-state index is -4.18.